The average molecular weight is 261 g/mol. The van der Waals surface area contributed by atoms with Gasteiger partial charge >= 0.3 is 0 Å². The first-order chi connectivity index (χ1) is 9.24. The summed E-state index contributed by atoms with van der Waals surface area (Å²) in [7, 11) is 0. The minimum atomic E-state index is -0.0486. The molecule has 7 heteroatoms. The Morgan fingerprint density at radius 2 is 2.16 bits per heavy atom. The van der Waals surface area contributed by atoms with Gasteiger partial charge in [0, 0.05) is 32.7 Å². The summed E-state index contributed by atoms with van der Waals surface area (Å²) >= 11 is 0. The third-order valence-electron chi connectivity index (χ3n) is 3.32. The molecule has 0 amide bonds. The number of aromatic nitrogens is 3. The molecule has 1 saturated heterocycles. The second kappa shape index (κ2) is 4.94. The van der Waals surface area contributed by atoms with Crippen LogP contribution in [0.5, 0.6) is 5.75 Å². The van der Waals surface area contributed by atoms with Crippen LogP contribution in [0.2, 0.25) is 0 Å². The first kappa shape index (κ1) is 12.1. The number of nitrogens with zero attached hydrogens (tertiary/aromatic N) is 4. The van der Waals surface area contributed by atoms with Crippen molar-refractivity contribution in [1.82, 2.24) is 20.5 Å². The smallest absolute Gasteiger partial charge is 0.206 e. The molecule has 0 atom stereocenters. The Kier molecular flexibility index (Phi) is 3.14. The van der Waals surface area contributed by atoms with Crippen molar-refractivity contribution in [3.8, 4) is 5.75 Å². The highest BCUT2D eigenvalue weighted by atomic mass is 16.5. The molecule has 7 nitrogen and oxygen atoms in total. The molecule has 0 radical (unpaired) electrons. The lowest BCUT2D eigenvalue weighted by Gasteiger charge is -2.27. The highest BCUT2D eigenvalue weighted by molar-refractivity contribution is 5.81. The average Bonchev–Trinajstić information content (AvgIpc) is 2.39. The molecule has 1 aromatic carbocycles. The van der Waals surface area contributed by atoms with Gasteiger partial charge in [0.05, 0.1) is 10.5 Å². The summed E-state index contributed by atoms with van der Waals surface area (Å²) in [5.74, 6) is -0.0486. The van der Waals surface area contributed by atoms with E-state index in [4.69, 9.17) is 0 Å². The lowest BCUT2D eigenvalue weighted by molar-refractivity contribution is -0.649. The van der Waals surface area contributed by atoms with E-state index < -0.39 is 0 Å². The van der Waals surface area contributed by atoms with E-state index in [1.807, 2.05) is 6.07 Å². The summed E-state index contributed by atoms with van der Waals surface area (Å²) in [6.45, 7) is 4.67. The predicted molar refractivity (Wildman–Crippen MR) is 68.3 cm³/mol. The summed E-state index contributed by atoms with van der Waals surface area (Å²) in [6.07, 6.45) is 1.49. The summed E-state index contributed by atoms with van der Waals surface area (Å²) in [5.41, 5.74) is 1.14. The fraction of sp³-hybridized carbons (Fsp3) is 0.417. The Morgan fingerprint density at radius 3 is 2.95 bits per heavy atom. The molecule has 100 valence electrons. The molecule has 0 unspecified atom stereocenters. The van der Waals surface area contributed by atoms with Gasteiger partial charge in [0.2, 0.25) is 5.52 Å². The van der Waals surface area contributed by atoms with Gasteiger partial charge in [-0.2, -0.15) is 0 Å². The Morgan fingerprint density at radius 1 is 1.37 bits per heavy atom. The lowest BCUT2D eigenvalue weighted by Crippen LogP contribution is -2.42. The van der Waals surface area contributed by atoms with E-state index in [1.54, 1.807) is 6.07 Å². The SMILES string of the molecule is [O-][n+]1nncc2cc(CN3CCNCC3)cc(O)c21. The van der Waals surface area contributed by atoms with Crippen molar-refractivity contribution in [2.75, 3.05) is 26.2 Å². The number of benzene rings is 1. The normalized spacial score (nSPS) is 16.8. The highest BCUT2D eigenvalue weighted by Gasteiger charge is 2.14. The van der Waals surface area contributed by atoms with Crippen LogP contribution < -0.4 is 10.2 Å². The maximum atomic E-state index is 11.5. The minimum Gasteiger partial charge on any atom is -0.691 e. The Hall–Kier alpha value is -1.99. The fourth-order valence-electron chi connectivity index (χ4n) is 2.41. The molecule has 0 aliphatic carbocycles. The fourth-order valence-corrected chi connectivity index (χ4v) is 2.41. The van der Waals surface area contributed by atoms with Crippen molar-refractivity contribution < 1.29 is 9.95 Å². The number of hydrogen-bond donors (Lipinski definition) is 2. The van der Waals surface area contributed by atoms with E-state index in [0.29, 0.717) is 10.2 Å². The van der Waals surface area contributed by atoms with Crippen LogP contribution in [0.15, 0.2) is 18.3 Å². The molecule has 0 saturated carbocycles. The summed E-state index contributed by atoms with van der Waals surface area (Å²) in [4.78, 5) is 2.65. The van der Waals surface area contributed by atoms with E-state index in [2.05, 4.69) is 20.5 Å². The van der Waals surface area contributed by atoms with Crippen molar-refractivity contribution >= 4 is 10.9 Å². The number of hydrogen-bond acceptors (Lipinski definition) is 6. The van der Waals surface area contributed by atoms with Crippen LogP contribution in [0.3, 0.4) is 0 Å². The molecule has 3 rings (SSSR count). The number of piperazine rings is 1. The van der Waals surface area contributed by atoms with Crippen LogP contribution in [0, 0.1) is 5.21 Å². The number of nitrogens with one attached hydrogen (secondary N) is 1. The van der Waals surface area contributed by atoms with Gasteiger partial charge in [0.25, 0.3) is 0 Å². The molecular formula is C12H15N5O2. The van der Waals surface area contributed by atoms with E-state index in [9.17, 15) is 10.3 Å². The highest BCUT2D eigenvalue weighted by Crippen LogP contribution is 2.23. The molecule has 1 aliphatic rings. The van der Waals surface area contributed by atoms with Gasteiger partial charge in [-0.25, -0.2) is 0 Å². The van der Waals surface area contributed by atoms with Crippen molar-refractivity contribution in [3.05, 3.63) is 29.1 Å². The van der Waals surface area contributed by atoms with Crippen molar-refractivity contribution in [3.63, 3.8) is 0 Å². The summed E-state index contributed by atoms with van der Waals surface area (Å²) < 4.78 is 0. The molecule has 0 bridgehead atoms. The zero-order valence-corrected chi connectivity index (χ0v) is 10.4. The van der Waals surface area contributed by atoms with Crippen molar-refractivity contribution in [1.29, 1.82) is 0 Å². The summed E-state index contributed by atoms with van der Waals surface area (Å²) in [5, 5.41) is 32.3. The Labute approximate surface area is 110 Å². The molecule has 0 spiro atoms. The standard InChI is InChI=1S/C12H15N5O2/c18-11-6-9(8-16-3-1-13-2-4-16)5-10-7-14-15-17(19)12(10)11/h5-7,13,18H,1-4,8H2. The molecule has 1 fully saturated rings. The first-order valence-corrected chi connectivity index (χ1v) is 6.24. The summed E-state index contributed by atoms with van der Waals surface area (Å²) in [6, 6.07) is 3.50. The Bertz CT molecular complexity index is 598. The maximum absolute atomic E-state index is 11.5. The zero-order valence-electron chi connectivity index (χ0n) is 10.4. The lowest BCUT2D eigenvalue weighted by atomic mass is 10.1. The van der Waals surface area contributed by atoms with Gasteiger partial charge < -0.3 is 15.6 Å². The molecule has 1 aromatic heterocycles. The van der Waals surface area contributed by atoms with Crippen LogP contribution in [-0.4, -0.2) is 46.5 Å². The number of aromatic hydroxyl groups is 1. The quantitative estimate of drug-likeness (QED) is 0.553. The number of phenolic OH excluding ortho intramolecular Hbond substituents is 1. The second-order valence-corrected chi connectivity index (χ2v) is 4.69. The molecule has 19 heavy (non-hydrogen) atoms. The molecule has 1 aliphatic heterocycles. The second-order valence-electron chi connectivity index (χ2n) is 4.69. The van der Waals surface area contributed by atoms with Crippen LogP contribution in [0.1, 0.15) is 5.56 Å². The minimum absolute atomic E-state index is 0.0486. The molecule has 2 heterocycles. The predicted octanol–water partition coefficient (Wildman–Crippen LogP) is -0.626. The molecule has 2 N–H and O–H groups in total. The van der Waals surface area contributed by atoms with Gasteiger partial charge in [0.1, 0.15) is 5.21 Å². The van der Waals surface area contributed by atoms with Gasteiger partial charge in [-0.3, -0.25) is 4.90 Å². The third kappa shape index (κ3) is 2.42. The van der Waals surface area contributed by atoms with Gasteiger partial charge in [0.15, 0.2) is 11.9 Å². The Balaban J connectivity index is 1.92. The number of rotatable bonds is 2. The van der Waals surface area contributed by atoms with Gasteiger partial charge in [-0.1, -0.05) is 0 Å². The number of phenols is 1. The van der Waals surface area contributed by atoms with E-state index in [1.165, 1.54) is 6.20 Å². The molecular weight excluding hydrogens is 246 g/mol. The monoisotopic (exact) mass is 261 g/mol. The van der Waals surface area contributed by atoms with Crippen LogP contribution >= 0.6 is 0 Å². The van der Waals surface area contributed by atoms with Crippen LogP contribution in [0.25, 0.3) is 10.9 Å². The van der Waals surface area contributed by atoms with E-state index in [-0.39, 0.29) is 11.3 Å². The van der Waals surface area contributed by atoms with Crippen molar-refractivity contribution in [2.45, 2.75) is 6.54 Å². The zero-order chi connectivity index (χ0) is 13.2. The third-order valence-corrected chi connectivity index (χ3v) is 3.32. The van der Waals surface area contributed by atoms with Crippen LogP contribution in [0.4, 0.5) is 0 Å². The van der Waals surface area contributed by atoms with Gasteiger partial charge in [-0.15, -0.1) is 4.85 Å². The van der Waals surface area contributed by atoms with Crippen LogP contribution in [-0.2, 0) is 6.54 Å². The van der Waals surface area contributed by atoms with Gasteiger partial charge in [-0.05, 0) is 17.7 Å². The first-order valence-electron chi connectivity index (χ1n) is 6.24. The van der Waals surface area contributed by atoms with E-state index >= 15 is 0 Å². The molecule has 2 aromatic rings. The maximum Gasteiger partial charge on any atom is 0.206 e. The number of fused-ring (bicyclic) bond motifs is 1. The van der Waals surface area contributed by atoms with E-state index in [0.717, 1.165) is 38.3 Å². The largest absolute Gasteiger partial charge is 0.691 e. The topological polar surface area (TPSA) is 88.2 Å². The van der Waals surface area contributed by atoms with Crippen molar-refractivity contribution in [2.24, 2.45) is 0 Å².